The van der Waals surface area contributed by atoms with Crippen molar-refractivity contribution in [1.29, 1.82) is 5.26 Å². The van der Waals surface area contributed by atoms with Gasteiger partial charge in [0.1, 0.15) is 6.07 Å². The number of fused-ring (bicyclic) bond motifs is 1. The summed E-state index contributed by atoms with van der Waals surface area (Å²) in [5.41, 5.74) is 4.70. The van der Waals surface area contributed by atoms with Crippen molar-refractivity contribution in [2.45, 2.75) is 5.75 Å². The molecule has 0 bridgehead atoms. The van der Waals surface area contributed by atoms with Gasteiger partial charge in [0.05, 0.1) is 16.6 Å². The van der Waals surface area contributed by atoms with Gasteiger partial charge in [0.25, 0.3) is 0 Å². The Morgan fingerprint density at radius 1 is 0.865 bits per heavy atom. The van der Waals surface area contributed by atoms with E-state index in [-0.39, 0.29) is 0 Å². The van der Waals surface area contributed by atoms with E-state index in [1.807, 2.05) is 59.1 Å². The van der Waals surface area contributed by atoms with Gasteiger partial charge in [0, 0.05) is 63.4 Å². The van der Waals surface area contributed by atoms with Gasteiger partial charge in [-0.2, -0.15) is 17.0 Å². The van der Waals surface area contributed by atoms with Crippen molar-refractivity contribution in [3.05, 3.63) is 93.1 Å². The minimum atomic E-state index is 0.702. The number of rotatable bonds is 7. The number of nitrogens with zero attached hydrogens (tertiary/aromatic N) is 3. The van der Waals surface area contributed by atoms with E-state index < -0.39 is 0 Å². The molecule has 0 amide bonds. The Morgan fingerprint density at radius 2 is 1.54 bits per heavy atom. The van der Waals surface area contributed by atoms with Crippen LogP contribution in [0.25, 0.3) is 53.3 Å². The third-order valence-corrected chi connectivity index (χ3v) is 10.9. The Hall–Kier alpha value is -3.06. The largest absolute Gasteiger partial charge is 0.254 e. The summed E-state index contributed by atoms with van der Waals surface area (Å²) in [5, 5.41) is 11.6. The second kappa shape index (κ2) is 10.7. The van der Waals surface area contributed by atoms with E-state index in [2.05, 4.69) is 60.9 Å². The highest BCUT2D eigenvalue weighted by Crippen LogP contribution is 2.39. The highest BCUT2D eigenvalue weighted by molar-refractivity contribution is 7.97. The van der Waals surface area contributed by atoms with Crippen molar-refractivity contribution >= 4 is 79.8 Å². The molecule has 0 aliphatic heterocycles. The lowest BCUT2D eigenvalue weighted by atomic mass is 10.1. The zero-order chi connectivity index (χ0) is 25.2. The van der Waals surface area contributed by atoms with Crippen LogP contribution in [0.5, 0.6) is 0 Å². The van der Waals surface area contributed by atoms with E-state index in [0.717, 1.165) is 42.5 Å². The first-order valence-corrected chi connectivity index (χ1v) is 16.1. The van der Waals surface area contributed by atoms with Gasteiger partial charge < -0.3 is 0 Å². The molecule has 0 aliphatic carbocycles. The minimum Gasteiger partial charge on any atom is -0.254 e. The zero-order valence-corrected chi connectivity index (χ0v) is 23.8. The van der Waals surface area contributed by atoms with Gasteiger partial charge in [-0.3, -0.25) is 9.97 Å². The molecule has 0 unspecified atom stereocenters. The summed E-state index contributed by atoms with van der Waals surface area (Å²) in [6, 6.07) is 23.4. The van der Waals surface area contributed by atoms with Gasteiger partial charge in [-0.05, 0) is 72.3 Å². The Bertz CT molecular complexity index is 1760. The molecule has 0 aromatic carbocycles. The van der Waals surface area contributed by atoms with Crippen LogP contribution in [-0.2, 0) is 5.75 Å². The molecule has 180 valence electrons. The van der Waals surface area contributed by atoms with E-state index in [1.54, 1.807) is 34.0 Å². The predicted octanol–water partition coefficient (Wildman–Crippen LogP) is 9.80. The molecule has 0 saturated carbocycles. The molecule has 6 heterocycles. The van der Waals surface area contributed by atoms with E-state index in [1.165, 1.54) is 19.5 Å². The molecule has 37 heavy (non-hydrogen) atoms. The number of thioether (sulfide) groups is 1. The van der Waals surface area contributed by atoms with Gasteiger partial charge in [0.15, 0.2) is 0 Å². The van der Waals surface area contributed by atoms with Crippen molar-refractivity contribution in [1.82, 2.24) is 9.97 Å². The normalized spacial score (nSPS) is 11.7. The maximum absolute atomic E-state index is 9.57. The van der Waals surface area contributed by atoms with E-state index >= 15 is 0 Å². The first-order chi connectivity index (χ1) is 18.2. The number of nitriles is 1. The minimum absolute atomic E-state index is 0.702. The summed E-state index contributed by atoms with van der Waals surface area (Å²) < 4.78 is 0. The van der Waals surface area contributed by atoms with Crippen molar-refractivity contribution in [2.75, 3.05) is 6.26 Å². The van der Waals surface area contributed by atoms with Crippen LogP contribution in [0.3, 0.4) is 0 Å². The summed E-state index contributed by atoms with van der Waals surface area (Å²) >= 11 is 8.70. The fourth-order valence-corrected chi connectivity index (χ4v) is 8.42. The van der Waals surface area contributed by atoms with Crippen LogP contribution in [0.1, 0.15) is 14.6 Å². The quantitative estimate of drug-likeness (QED) is 0.180. The van der Waals surface area contributed by atoms with Crippen LogP contribution in [0.4, 0.5) is 0 Å². The Labute approximate surface area is 235 Å². The average molecular weight is 570 g/mol. The molecule has 0 saturated heterocycles. The molecule has 0 atom stereocenters. The highest BCUT2D eigenvalue weighted by atomic mass is 32.2. The Morgan fingerprint density at radius 3 is 2.24 bits per heavy atom. The Balaban J connectivity index is 1.24. The van der Waals surface area contributed by atoms with E-state index in [9.17, 15) is 5.26 Å². The van der Waals surface area contributed by atoms with Crippen molar-refractivity contribution in [2.24, 2.45) is 0 Å². The molecule has 6 aromatic heterocycles. The lowest BCUT2D eigenvalue weighted by Gasteiger charge is -2.03. The van der Waals surface area contributed by atoms with Crippen LogP contribution in [0.15, 0.2) is 78.4 Å². The first kappa shape index (κ1) is 24.3. The van der Waals surface area contributed by atoms with Crippen molar-refractivity contribution in [3.63, 3.8) is 0 Å². The average Bonchev–Trinajstić information content (AvgIpc) is 3.74. The topological polar surface area (TPSA) is 49.6 Å². The van der Waals surface area contributed by atoms with E-state index in [4.69, 9.17) is 9.97 Å². The molecule has 0 N–H and O–H groups in total. The van der Waals surface area contributed by atoms with Crippen molar-refractivity contribution < 1.29 is 0 Å². The fraction of sp³-hybridized carbons (Fsp3) is 0.0690. The van der Waals surface area contributed by atoms with Crippen molar-refractivity contribution in [3.8, 4) is 36.7 Å². The maximum atomic E-state index is 9.57. The van der Waals surface area contributed by atoms with Gasteiger partial charge >= 0.3 is 0 Å². The molecule has 6 rings (SSSR count). The van der Waals surface area contributed by atoms with Crippen LogP contribution < -0.4 is 0 Å². The lowest BCUT2D eigenvalue weighted by Crippen LogP contribution is -1.86. The van der Waals surface area contributed by atoms with Gasteiger partial charge in [-0.1, -0.05) is 6.07 Å². The Kier molecular flexibility index (Phi) is 7.05. The zero-order valence-electron chi connectivity index (χ0n) is 19.7. The van der Waals surface area contributed by atoms with Crippen LogP contribution in [-0.4, -0.2) is 16.2 Å². The third-order valence-electron chi connectivity index (χ3n) is 5.72. The molecule has 8 heteroatoms. The van der Waals surface area contributed by atoms with E-state index in [0.29, 0.717) is 5.57 Å². The van der Waals surface area contributed by atoms with Gasteiger partial charge in [0.2, 0.25) is 0 Å². The number of hydrogen-bond acceptors (Lipinski definition) is 8. The predicted molar refractivity (Wildman–Crippen MR) is 164 cm³/mol. The summed E-state index contributed by atoms with van der Waals surface area (Å²) in [6.07, 6.45) is 8.00. The number of thiophene rings is 4. The summed E-state index contributed by atoms with van der Waals surface area (Å²) in [4.78, 5) is 17.7. The fourth-order valence-electron chi connectivity index (χ4n) is 3.95. The first-order valence-electron chi connectivity index (χ1n) is 11.4. The highest BCUT2D eigenvalue weighted by Gasteiger charge is 2.11. The second-order valence-electron chi connectivity index (χ2n) is 8.20. The molecule has 0 spiro atoms. The number of aromatic nitrogens is 2. The number of allylic oxidation sites excluding steroid dienone is 1. The van der Waals surface area contributed by atoms with Gasteiger partial charge in [-0.15, -0.1) is 45.3 Å². The number of pyridine rings is 2. The SMILES string of the molecule is CSCc1ccc(-c2cnc3cc(-c4ccc(-c5ccc(/C=C(\C#N)c6cccs6)s5)s4)cnc3c2)s1. The molecule has 0 fully saturated rings. The summed E-state index contributed by atoms with van der Waals surface area (Å²) in [6.45, 7) is 0. The molecule has 3 nitrogen and oxygen atoms in total. The molecular weight excluding hydrogens is 551 g/mol. The molecule has 6 aromatic rings. The van der Waals surface area contributed by atoms with Crippen LogP contribution in [0, 0.1) is 11.3 Å². The summed E-state index contributed by atoms with van der Waals surface area (Å²) in [7, 11) is 0. The maximum Gasteiger partial charge on any atom is 0.101 e. The third kappa shape index (κ3) is 5.19. The summed E-state index contributed by atoms with van der Waals surface area (Å²) in [5.74, 6) is 1.04. The van der Waals surface area contributed by atoms with Crippen LogP contribution >= 0.6 is 57.1 Å². The lowest BCUT2D eigenvalue weighted by molar-refractivity contribution is 1.34. The van der Waals surface area contributed by atoms with Gasteiger partial charge in [-0.25, -0.2) is 0 Å². The molecule has 0 radical (unpaired) electrons. The smallest absolute Gasteiger partial charge is 0.101 e. The second-order valence-corrected chi connectivity index (χ2v) is 13.4. The standard InChI is InChI=1S/C29H19N3S5/c1-33-17-22-5-6-26(36-22)19-12-23-24(31-15-19)13-20(16-32-23)27-8-9-29(37-27)28-7-4-21(35-28)11-18(14-30)25-3-2-10-34-25/h2-13,15-16H,17H2,1H3/b18-11+. The monoisotopic (exact) mass is 569 g/mol. The van der Waals surface area contributed by atoms with Crippen LogP contribution in [0.2, 0.25) is 0 Å². The number of hydrogen-bond donors (Lipinski definition) is 0. The molecule has 0 aliphatic rings. The molecular formula is C29H19N3S5.